The summed E-state index contributed by atoms with van der Waals surface area (Å²) in [5.41, 5.74) is 5.20. The summed E-state index contributed by atoms with van der Waals surface area (Å²) >= 11 is 0. The molecule has 0 unspecified atom stereocenters. The van der Waals surface area contributed by atoms with Gasteiger partial charge in [-0.1, -0.05) is 26.8 Å². The first-order valence-electron chi connectivity index (χ1n) is 12.1. The molecule has 6 aromatic rings. The fourth-order valence-electron chi connectivity index (χ4n) is 5.52. The van der Waals surface area contributed by atoms with Gasteiger partial charge in [-0.2, -0.15) is 0 Å². The first kappa shape index (κ1) is 22.3. The van der Waals surface area contributed by atoms with Crippen molar-refractivity contribution in [2.45, 2.75) is 32.8 Å². The van der Waals surface area contributed by atoms with Crippen LogP contribution in [0.2, 0.25) is 0 Å². The molecular weight excluding hydrogens is 488 g/mol. The molecule has 188 valence electrons. The van der Waals surface area contributed by atoms with Crippen LogP contribution in [0.4, 0.5) is 11.4 Å². The lowest BCUT2D eigenvalue weighted by molar-refractivity contribution is -0.384. The Hall–Kier alpha value is -4.92. The topological polar surface area (TPSA) is 122 Å². The number of nitrogens with zero attached hydrogens (tertiary/aromatic N) is 2. The summed E-state index contributed by atoms with van der Waals surface area (Å²) in [6.07, 6.45) is 0. The quantitative estimate of drug-likeness (QED) is 0.171. The SMILES string of the molecule is CC(C)(C)c1cc2c(c3c1oc1ccc([N+](=O)[O-])cc13)-c1c(ccc3oc4ccc([N+](=O)[O-])cc4c13)CO2. The molecule has 0 bridgehead atoms. The number of rotatable bonds is 2. The molecule has 0 N–H and O–H groups in total. The second-order valence-electron chi connectivity index (χ2n) is 10.6. The van der Waals surface area contributed by atoms with E-state index in [2.05, 4.69) is 20.8 Å². The minimum absolute atomic E-state index is 0.0392. The van der Waals surface area contributed by atoms with Crippen LogP contribution in [0.1, 0.15) is 31.9 Å². The van der Waals surface area contributed by atoms with Gasteiger partial charge in [0.2, 0.25) is 0 Å². The van der Waals surface area contributed by atoms with Gasteiger partial charge in [0.1, 0.15) is 34.7 Å². The zero-order valence-electron chi connectivity index (χ0n) is 20.7. The average Bonchev–Trinajstić information content (AvgIpc) is 3.44. The third kappa shape index (κ3) is 2.98. The van der Waals surface area contributed by atoms with E-state index in [-0.39, 0.29) is 16.8 Å². The van der Waals surface area contributed by atoms with Crippen LogP contribution < -0.4 is 4.74 Å². The number of furan rings is 2. The van der Waals surface area contributed by atoms with Crippen molar-refractivity contribution in [2.24, 2.45) is 0 Å². The Morgan fingerprint density at radius 1 is 0.737 bits per heavy atom. The molecule has 7 rings (SSSR count). The molecule has 0 aliphatic carbocycles. The summed E-state index contributed by atoms with van der Waals surface area (Å²) in [5, 5.41) is 25.9. The molecule has 38 heavy (non-hydrogen) atoms. The Morgan fingerprint density at radius 3 is 1.97 bits per heavy atom. The fourth-order valence-corrected chi connectivity index (χ4v) is 5.52. The Balaban J connectivity index is 1.70. The van der Waals surface area contributed by atoms with Crippen LogP contribution >= 0.6 is 0 Å². The molecule has 0 atom stereocenters. The standard InChI is InChI=1S/C29H20N2O7/c1-29(2,3)19-12-23-27(26-18-11-16(31(34)35)6-9-21(18)38-28(19)26)24-14(13-36-23)4-7-22-25(24)17-10-15(30(32)33)5-8-20(17)37-22/h4-12H,13H2,1-3H3. The first-order valence-corrected chi connectivity index (χ1v) is 12.1. The largest absolute Gasteiger partial charge is 0.488 e. The van der Waals surface area contributed by atoms with Gasteiger partial charge in [-0.3, -0.25) is 20.2 Å². The van der Waals surface area contributed by atoms with Gasteiger partial charge in [0.15, 0.2) is 0 Å². The molecule has 9 nitrogen and oxygen atoms in total. The predicted molar refractivity (Wildman–Crippen MR) is 143 cm³/mol. The van der Waals surface area contributed by atoms with E-state index in [9.17, 15) is 20.2 Å². The number of hydrogen-bond donors (Lipinski definition) is 0. The lowest BCUT2D eigenvalue weighted by Crippen LogP contribution is -2.14. The highest BCUT2D eigenvalue weighted by molar-refractivity contribution is 6.22. The average molecular weight is 508 g/mol. The van der Waals surface area contributed by atoms with Gasteiger partial charge in [-0.05, 0) is 35.2 Å². The van der Waals surface area contributed by atoms with E-state index in [0.29, 0.717) is 50.8 Å². The molecule has 0 radical (unpaired) electrons. The van der Waals surface area contributed by atoms with Crippen molar-refractivity contribution >= 4 is 55.3 Å². The Bertz CT molecular complexity index is 2020. The molecule has 2 aromatic heterocycles. The van der Waals surface area contributed by atoms with Gasteiger partial charge in [0, 0.05) is 62.5 Å². The van der Waals surface area contributed by atoms with Gasteiger partial charge >= 0.3 is 0 Å². The number of hydrogen-bond acceptors (Lipinski definition) is 7. The van der Waals surface area contributed by atoms with Crippen molar-refractivity contribution in [3.63, 3.8) is 0 Å². The minimum atomic E-state index is -0.429. The summed E-state index contributed by atoms with van der Waals surface area (Å²) < 4.78 is 18.7. The first-order chi connectivity index (χ1) is 18.1. The van der Waals surface area contributed by atoms with Crippen LogP contribution in [0.3, 0.4) is 0 Å². The number of nitro groups is 2. The van der Waals surface area contributed by atoms with Crippen molar-refractivity contribution in [3.8, 4) is 16.9 Å². The van der Waals surface area contributed by atoms with Gasteiger partial charge in [0.25, 0.3) is 11.4 Å². The highest BCUT2D eigenvalue weighted by Gasteiger charge is 2.32. The van der Waals surface area contributed by atoms with Crippen LogP contribution in [0.5, 0.6) is 5.75 Å². The van der Waals surface area contributed by atoms with E-state index in [1.807, 2.05) is 18.2 Å². The van der Waals surface area contributed by atoms with Gasteiger partial charge in [0.05, 0.1) is 9.85 Å². The summed E-state index contributed by atoms with van der Waals surface area (Å²) in [5.74, 6) is 0.622. The smallest absolute Gasteiger partial charge is 0.270 e. The lowest BCUT2D eigenvalue weighted by atomic mass is 9.82. The van der Waals surface area contributed by atoms with Crippen molar-refractivity contribution in [1.82, 2.24) is 0 Å². The van der Waals surface area contributed by atoms with Crippen LogP contribution in [-0.2, 0) is 12.0 Å². The zero-order valence-corrected chi connectivity index (χ0v) is 20.7. The summed E-state index contributed by atoms with van der Waals surface area (Å²) in [6.45, 7) is 6.51. The lowest BCUT2D eigenvalue weighted by Gasteiger charge is -2.26. The van der Waals surface area contributed by atoms with E-state index in [0.717, 1.165) is 27.6 Å². The maximum absolute atomic E-state index is 11.7. The van der Waals surface area contributed by atoms with E-state index >= 15 is 0 Å². The highest BCUT2D eigenvalue weighted by Crippen LogP contribution is 2.53. The third-order valence-corrected chi connectivity index (χ3v) is 7.26. The second kappa shape index (κ2) is 7.32. The monoisotopic (exact) mass is 508 g/mol. The van der Waals surface area contributed by atoms with Gasteiger partial charge < -0.3 is 13.6 Å². The maximum Gasteiger partial charge on any atom is 0.270 e. The Kier molecular flexibility index (Phi) is 4.29. The summed E-state index contributed by atoms with van der Waals surface area (Å²) in [4.78, 5) is 22.4. The summed E-state index contributed by atoms with van der Waals surface area (Å²) in [6, 6.07) is 14.9. The summed E-state index contributed by atoms with van der Waals surface area (Å²) in [7, 11) is 0. The molecule has 0 saturated carbocycles. The minimum Gasteiger partial charge on any atom is -0.488 e. The maximum atomic E-state index is 11.7. The Labute approximate surface area is 214 Å². The van der Waals surface area contributed by atoms with Crippen molar-refractivity contribution in [3.05, 3.63) is 86.0 Å². The zero-order chi connectivity index (χ0) is 26.5. The molecule has 0 amide bonds. The molecule has 1 aliphatic heterocycles. The second-order valence-corrected chi connectivity index (χ2v) is 10.6. The highest BCUT2D eigenvalue weighted by atomic mass is 16.6. The van der Waals surface area contributed by atoms with Crippen LogP contribution in [0, 0.1) is 20.2 Å². The number of nitro benzene ring substituents is 2. The number of benzene rings is 4. The normalized spacial score (nSPS) is 13.1. The number of ether oxygens (including phenoxy) is 1. The van der Waals surface area contributed by atoms with E-state index in [1.165, 1.54) is 24.3 Å². The van der Waals surface area contributed by atoms with E-state index < -0.39 is 9.85 Å². The van der Waals surface area contributed by atoms with Crippen molar-refractivity contribution < 1.29 is 23.4 Å². The Morgan fingerprint density at radius 2 is 1.34 bits per heavy atom. The molecule has 4 aromatic carbocycles. The molecular formula is C29H20N2O7. The predicted octanol–water partition coefficient (Wildman–Crippen LogP) is 8.16. The molecule has 3 heterocycles. The fraction of sp³-hybridized carbons (Fsp3) is 0.172. The molecule has 0 saturated heterocycles. The van der Waals surface area contributed by atoms with E-state index in [1.54, 1.807) is 12.1 Å². The molecule has 1 aliphatic rings. The number of non-ortho nitro benzene ring substituents is 2. The van der Waals surface area contributed by atoms with Crippen molar-refractivity contribution in [1.29, 1.82) is 0 Å². The van der Waals surface area contributed by atoms with Crippen molar-refractivity contribution in [2.75, 3.05) is 0 Å². The van der Waals surface area contributed by atoms with E-state index in [4.69, 9.17) is 13.6 Å². The molecule has 0 fully saturated rings. The molecule has 0 spiro atoms. The number of fused-ring (bicyclic) bond motifs is 11. The van der Waals surface area contributed by atoms with Crippen LogP contribution in [-0.4, -0.2) is 9.85 Å². The van der Waals surface area contributed by atoms with Gasteiger partial charge in [-0.15, -0.1) is 0 Å². The molecule has 9 heteroatoms. The van der Waals surface area contributed by atoms with Crippen LogP contribution in [0.15, 0.2) is 63.4 Å². The third-order valence-electron chi connectivity index (χ3n) is 7.26. The van der Waals surface area contributed by atoms with Gasteiger partial charge in [-0.25, -0.2) is 0 Å². The van der Waals surface area contributed by atoms with Crippen LogP contribution in [0.25, 0.3) is 55.0 Å².